The van der Waals surface area contributed by atoms with Crippen LogP contribution in [-0.2, 0) is 25.4 Å². The van der Waals surface area contributed by atoms with E-state index in [4.69, 9.17) is 29.4 Å². The molecule has 244 valence electrons. The van der Waals surface area contributed by atoms with Crippen LogP contribution in [0.15, 0.2) is 18.2 Å². The van der Waals surface area contributed by atoms with Crippen molar-refractivity contribution < 1.29 is 58.8 Å². The minimum atomic E-state index is -2.04. The molecular weight excluding hydrogens is 590 g/mol. The van der Waals surface area contributed by atoms with Gasteiger partial charge in [-0.25, -0.2) is 0 Å². The molecule has 2 aliphatic carbocycles. The fraction of sp³-hybridized carbons (Fsp3) is 0.562. The number of phenolic OH excluding ortho intramolecular Hbond substituents is 2. The van der Waals surface area contributed by atoms with Crippen molar-refractivity contribution in [3.05, 3.63) is 51.6 Å². The first-order valence-corrected chi connectivity index (χ1v) is 15.2. The molecule has 0 spiro atoms. The molecule has 0 bridgehead atoms. The van der Waals surface area contributed by atoms with Crippen molar-refractivity contribution in [3.63, 3.8) is 0 Å². The van der Waals surface area contributed by atoms with Crippen molar-refractivity contribution in [2.24, 2.45) is 5.73 Å². The van der Waals surface area contributed by atoms with Gasteiger partial charge in [-0.15, -0.1) is 0 Å². The van der Waals surface area contributed by atoms with Gasteiger partial charge in [0.25, 0.3) is 0 Å². The first-order valence-electron chi connectivity index (χ1n) is 15.2. The summed E-state index contributed by atoms with van der Waals surface area (Å²) < 4.78 is 29.6. The summed E-state index contributed by atoms with van der Waals surface area (Å²) in [4.78, 5) is 27.5. The van der Waals surface area contributed by atoms with Gasteiger partial charge in [0.05, 0.1) is 48.2 Å². The second kappa shape index (κ2) is 12.2. The lowest BCUT2D eigenvalue weighted by molar-refractivity contribution is -0.282. The molecular formula is C32H39NO12. The summed E-state index contributed by atoms with van der Waals surface area (Å²) in [5, 5.41) is 55.1. The molecule has 7 N–H and O–H groups in total. The SMILES string of the molecule is COc1cccc2c1C(=O)c1c(O)c3c(c(O)c1C2=O)C[C@@](O)(C(O)CO)C[C@@H]3OC1CC(N)[C@H](OC2CCCCO2)C(C)O1. The Labute approximate surface area is 259 Å². The molecule has 0 amide bonds. The van der Waals surface area contributed by atoms with E-state index in [1.165, 1.54) is 25.3 Å². The number of carbonyl (C=O) groups is 2. The number of aliphatic hydroxyl groups is 3. The molecule has 2 aromatic rings. The highest BCUT2D eigenvalue weighted by atomic mass is 16.7. The molecule has 2 aliphatic heterocycles. The van der Waals surface area contributed by atoms with Crippen LogP contribution < -0.4 is 10.5 Å². The number of aromatic hydroxyl groups is 2. The van der Waals surface area contributed by atoms with Crippen molar-refractivity contribution >= 4 is 11.6 Å². The van der Waals surface area contributed by atoms with Gasteiger partial charge in [0, 0.05) is 48.6 Å². The third-order valence-corrected chi connectivity index (χ3v) is 9.38. The minimum absolute atomic E-state index is 0.0234. The third-order valence-electron chi connectivity index (χ3n) is 9.38. The minimum Gasteiger partial charge on any atom is -0.507 e. The highest BCUT2D eigenvalue weighted by Crippen LogP contribution is 2.53. The summed E-state index contributed by atoms with van der Waals surface area (Å²) >= 11 is 0. The van der Waals surface area contributed by atoms with Crippen LogP contribution in [0, 0.1) is 0 Å². The lowest BCUT2D eigenvalue weighted by Crippen LogP contribution is -2.55. The van der Waals surface area contributed by atoms with E-state index < -0.39 is 95.9 Å². The first-order chi connectivity index (χ1) is 21.5. The van der Waals surface area contributed by atoms with Gasteiger partial charge in [0.2, 0.25) is 5.78 Å². The monoisotopic (exact) mass is 629 g/mol. The van der Waals surface area contributed by atoms with Gasteiger partial charge in [-0.2, -0.15) is 0 Å². The largest absolute Gasteiger partial charge is 0.507 e. The number of phenols is 2. The predicted octanol–water partition coefficient (Wildman–Crippen LogP) is 1.34. The number of methoxy groups -OCH3 is 1. The molecule has 0 saturated carbocycles. The Morgan fingerprint density at radius 3 is 2.49 bits per heavy atom. The number of fused-ring (bicyclic) bond motifs is 3. The lowest BCUT2D eigenvalue weighted by Gasteiger charge is -2.45. The Balaban J connectivity index is 1.37. The van der Waals surface area contributed by atoms with Gasteiger partial charge in [0.15, 0.2) is 18.4 Å². The second-order valence-corrected chi connectivity index (χ2v) is 12.3. The number of nitrogens with two attached hydrogens (primary N) is 1. The molecule has 5 unspecified atom stereocenters. The van der Waals surface area contributed by atoms with Crippen molar-refractivity contribution in [2.75, 3.05) is 20.3 Å². The summed E-state index contributed by atoms with van der Waals surface area (Å²) in [5.74, 6) is -2.60. The quantitative estimate of drug-likeness (QED) is 0.204. The van der Waals surface area contributed by atoms with E-state index in [1.54, 1.807) is 6.92 Å². The molecule has 2 saturated heterocycles. The summed E-state index contributed by atoms with van der Waals surface area (Å²) in [6.45, 7) is 1.56. The van der Waals surface area contributed by atoms with Crippen molar-refractivity contribution in [3.8, 4) is 17.2 Å². The summed E-state index contributed by atoms with van der Waals surface area (Å²) in [7, 11) is 1.35. The van der Waals surface area contributed by atoms with E-state index in [0.29, 0.717) is 6.61 Å². The molecule has 4 aliphatic rings. The highest BCUT2D eigenvalue weighted by molar-refractivity contribution is 6.31. The van der Waals surface area contributed by atoms with Crippen molar-refractivity contribution in [2.45, 2.75) is 94.1 Å². The third kappa shape index (κ3) is 5.40. The van der Waals surface area contributed by atoms with Crippen LogP contribution in [0.3, 0.4) is 0 Å². The van der Waals surface area contributed by atoms with Crippen LogP contribution in [0.5, 0.6) is 17.2 Å². The Morgan fingerprint density at radius 2 is 1.82 bits per heavy atom. The normalized spacial score (nSPS) is 32.0. The van der Waals surface area contributed by atoms with E-state index in [1.807, 2.05) is 0 Å². The topological polar surface area (TPSA) is 207 Å². The van der Waals surface area contributed by atoms with E-state index in [2.05, 4.69) is 0 Å². The molecule has 6 rings (SSSR count). The van der Waals surface area contributed by atoms with Gasteiger partial charge in [-0.1, -0.05) is 12.1 Å². The zero-order valence-electron chi connectivity index (χ0n) is 25.1. The zero-order valence-corrected chi connectivity index (χ0v) is 25.1. The van der Waals surface area contributed by atoms with Crippen LogP contribution in [0.25, 0.3) is 0 Å². The van der Waals surface area contributed by atoms with Crippen LogP contribution in [0.4, 0.5) is 0 Å². The van der Waals surface area contributed by atoms with Crippen LogP contribution >= 0.6 is 0 Å². The second-order valence-electron chi connectivity index (χ2n) is 12.3. The summed E-state index contributed by atoms with van der Waals surface area (Å²) in [6, 6.07) is 3.91. The molecule has 0 radical (unpaired) electrons. The smallest absolute Gasteiger partial charge is 0.202 e. The van der Waals surface area contributed by atoms with E-state index in [-0.39, 0.29) is 40.8 Å². The molecule has 2 heterocycles. The number of ether oxygens (including phenoxy) is 5. The standard InChI is InChI=1S/C32H39NO12/c1-14-31(45-21-8-3-4-9-42-21)17(33)10-22(43-14)44-19-12-32(40,20(35)13-34)11-16-24(19)30(39)26-25(28(16)37)27(36)15-6-5-7-18(41-2)23(15)29(26)38/h5-7,14,17,19-22,31,34-35,37,39-40H,3-4,8-13,33H2,1-2H3/t14?,17?,19-,20?,21?,22?,31+,32-/m0/s1. The Hall–Kier alpha value is -3.14. The molecule has 13 nitrogen and oxygen atoms in total. The Morgan fingerprint density at radius 1 is 1.07 bits per heavy atom. The number of aliphatic hydroxyl groups excluding tert-OH is 2. The van der Waals surface area contributed by atoms with Crippen LogP contribution in [0.1, 0.15) is 88.1 Å². The maximum Gasteiger partial charge on any atom is 0.202 e. The maximum atomic E-state index is 13.8. The molecule has 2 fully saturated rings. The van der Waals surface area contributed by atoms with Crippen molar-refractivity contribution in [1.29, 1.82) is 0 Å². The number of rotatable bonds is 7. The first kappa shape index (κ1) is 31.8. The van der Waals surface area contributed by atoms with Gasteiger partial charge in [-0.05, 0) is 32.3 Å². The number of carbonyl (C=O) groups excluding carboxylic acids is 2. The lowest BCUT2D eigenvalue weighted by atomic mass is 9.71. The van der Waals surface area contributed by atoms with E-state index >= 15 is 0 Å². The summed E-state index contributed by atoms with van der Waals surface area (Å²) in [5.41, 5.74) is 3.37. The Bertz CT molecular complexity index is 1480. The fourth-order valence-electron chi connectivity index (χ4n) is 7.04. The molecule has 45 heavy (non-hydrogen) atoms. The molecule has 2 aromatic carbocycles. The number of ketones is 2. The zero-order chi connectivity index (χ0) is 32.2. The average Bonchev–Trinajstić information content (AvgIpc) is 3.02. The average molecular weight is 630 g/mol. The highest BCUT2D eigenvalue weighted by Gasteiger charge is 2.50. The van der Waals surface area contributed by atoms with Gasteiger partial charge in [0.1, 0.15) is 29.5 Å². The molecule has 8 atom stereocenters. The predicted molar refractivity (Wildman–Crippen MR) is 155 cm³/mol. The van der Waals surface area contributed by atoms with Crippen LogP contribution in [0.2, 0.25) is 0 Å². The van der Waals surface area contributed by atoms with E-state index in [9.17, 15) is 35.1 Å². The number of benzene rings is 2. The summed E-state index contributed by atoms with van der Waals surface area (Å²) in [6.07, 6.45) is -3.33. The molecule has 0 aromatic heterocycles. The van der Waals surface area contributed by atoms with Gasteiger partial charge in [-0.3, -0.25) is 9.59 Å². The number of hydrogen-bond donors (Lipinski definition) is 6. The molecule has 13 heteroatoms. The van der Waals surface area contributed by atoms with Gasteiger partial charge >= 0.3 is 0 Å². The Kier molecular flexibility index (Phi) is 8.65. The number of hydrogen-bond acceptors (Lipinski definition) is 13. The van der Waals surface area contributed by atoms with Crippen LogP contribution in [-0.4, -0.2) is 100.0 Å². The fourth-order valence-corrected chi connectivity index (χ4v) is 7.04. The van der Waals surface area contributed by atoms with Gasteiger partial charge < -0.3 is 55.0 Å². The maximum absolute atomic E-state index is 13.8. The van der Waals surface area contributed by atoms with E-state index in [0.717, 1.165) is 19.3 Å². The van der Waals surface area contributed by atoms with Crippen molar-refractivity contribution in [1.82, 2.24) is 0 Å².